The number of nitrogens with one attached hydrogen (secondary N) is 1. The minimum Gasteiger partial charge on any atom is -0.481 e. The maximum Gasteiger partial charge on any atom is 0.309 e. The summed E-state index contributed by atoms with van der Waals surface area (Å²) in [5.41, 5.74) is -0.371. The fourth-order valence-corrected chi connectivity index (χ4v) is 1.57. The van der Waals surface area contributed by atoms with Crippen LogP contribution in [0, 0.1) is 8.99 Å². The van der Waals surface area contributed by atoms with Crippen LogP contribution >= 0.6 is 22.6 Å². The van der Waals surface area contributed by atoms with Crippen LogP contribution in [0.2, 0.25) is 0 Å². The van der Waals surface area contributed by atoms with E-state index < -0.39 is 11.4 Å². The van der Waals surface area contributed by atoms with E-state index in [4.69, 9.17) is 5.11 Å². The van der Waals surface area contributed by atoms with Crippen molar-refractivity contribution in [1.29, 1.82) is 0 Å². The van der Waals surface area contributed by atoms with Gasteiger partial charge in [0.15, 0.2) is 0 Å². The quantitative estimate of drug-likeness (QED) is 0.823. The van der Waals surface area contributed by atoms with E-state index in [9.17, 15) is 9.59 Å². The van der Waals surface area contributed by atoms with E-state index in [1.165, 1.54) is 13.8 Å². The van der Waals surface area contributed by atoms with Crippen molar-refractivity contribution in [3.63, 3.8) is 0 Å². The molecule has 1 amide bonds. The van der Waals surface area contributed by atoms with Gasteiger partial charge in [-0.25, -0.2) is 0 Å². The Kier molecular flexibility index (Phi) is 4.50. The van der Waals surface area contributed by atoms with Gasteiger partial charge in [-0.15, -0.1) is 0 Å². The van der Waals surface area contributed by atoms with Crippen LogP contribution < -0.4 is 5.32 Å². The molecular weight excluding hydrogens is 333 g/mol. The first kappa shape index (κ1) is 14.0. The number of hydrogen-bond donors (Lipinski definition) is 2. The highest BCUT2D eigenvalue weighted by Crippen LogP contribution is 2.21. The molecule has 0 saturated heterocycles. The molecule has 0 bridgehead atoms. The van der Waals surface area contributed by atoms with Crippen molar-refractivity contribution in [2.75, 3.05) is 5.32 Å². The number of halogens is 1. The summed E-state index contributed by atoms with van der Waals surface area (Å²) in [6, 6.07) is 7.32. The third kappa shape index (κ3) is 4.33. The molecule has 17 heavy (non-hydrogen) atoms. The van der Waals surface area contributed by atoms with Crippen LogP contribution in [0.5, 0.6) is 0 Å². The second-order valence-electron chi connectivity index (χ2n) is 4.42. The number of hydrogen-bond acceptors (Lipinski definition) is 2. The van der Waals surface area contributed by atoms with E-state index in [1.807, 2.05) is 12.1 Å². The molecule has 0 heterocycles. The van der Waals surface area contributed by atoms with Crippen molar-refractivity contribution in [2.24, 2.45) is 5.41 Å². The van der Waals surface area contributed by atoms with Crippen molar-refractivity contribution in [3.05, 3.63) is 27.8 Å². The highest BCUT2D eigenvalue weighted by molar-refractivity contribution is 14.1. The van der Waals surface area contributed by atoms with E-state index in [2.05, 4.69) is 27.9 Å². The van der Waals surface area contributed by atoms with Crippen LogP contribution in [0.15, 0.2) is 24.3 Å². The summed E-state index contributed by atoms with van der Waals surface area (Å²) < 4.78 is 1.08. The smallest absolute Gasteiger partial charge is 0.309 e. The number of carboxylic acid groups (broad SMARTS) is 1. The molecule has 4 nitrogen and oxygen atoms in total. The largest absolute Gasteiger partial charge is 0.481 e. The van der Waals surface area contributed by atoms with Crippen molar-refractivity contribution in [2.45, 2.75) is 20.3 Å². The Morgan fingerprint density at radius 3 is 2.29 bits per heavy atom. The highest BCUT2D eigenvalue weighted by Gasteiger charge is 2.30. The average molecular weight is 347 g/mol. The van der Waals surface area contributed by atoms with Gasteiger partial charge in [0.25, 0.3) is 0 Å². The molecule has 1 aromatic rings. The Morgan fingerprint density at radius 2 is 1.82 bits per heavy atom. The lowest BCUT2D eigenvalue weighted by atomic mass is 9.89. The molecule has 2 N–H and O–H groups in total. The summed E-state index contributed by atoms with van der Waals surface area (Å²) in [5, 5.41) is 11.6. The number of rotatable bonds is 4. The van der Waals surface area contributed by atoms with Gasteiger partial charge in [0.2, 0.25) is 5.91 Å². The molecule has 0 aliphatic heterocycles. The molecule has 1 rings (SSSR count). The monoisotopic (exact) mass is 347 g/mol. The normalized spacial score (nSPS) is 11.0. The zero-order valence-corrected chi connectivity index (χ0v) is 11.8. The van der Waals surface area contributed by atoms with E-state index in [0.29, 0.717) is 5.69 Å². The van der Waals surface area contributed by atoms with E-state index in [1.54, 1.807) is 12.1 Å². The summed E-state index contributed by atoms with van der Waals surface area (Å²) in [7, 11) is 0. The van der Waals surface area contributed by atoms with Crippen LogP contribution in [-0.2, 0) is 9.59 Å². The van der Waals surface area contributed by atoms with Crippen molar-refractivity contribution < 1.29 is 14.7 Å². The van der Waals surface area contributed by atoms with Crippen molar-refractivity contribution in [1.82, 2.24) is 0 Å². The predicted molar refractivity (Wildman–Crippen MR) is 73.8 cm³/mol. The second kappa shape index (κ2) is 5.48. The number of amides is 1. The molecule has 0 aliphatic carbocycles. The Balaban J connectivity index is 2.62. The SMILES string of the molecule is CC(C)(CC(=O)Nc1ccc(I)cc1)C(=O)O. The molecule has 92 valence electrons. The number of aliphatic carboxylic acids is 1. The summed E-state index contributed by atoms with van der Waals surface area (Å²) >= 11 is 2.17. The minimum absolute atomic E-state index is 0.0473. The summed E-state index contributed by atoms with van der Waals surface area (Å²) in [6.45, 7) is 3.06. The maximum absolute atomic E-state index is 11.6. The molecule has 0 saturated carbocycles. The van der Waals surface area contributed by atoms with Crippen LogP contribution in [0.1, 0.15) is 20.3 Å². The lowest BCUT2D eigenvalue weighted by molar-refractivity contribution is -0.148. The molecule has 0 aromatic heterocycles. The minimum atomic E-state index is -1.05. The van der Waals surface area contributed by atoms with E-state index >= 15 is 0 Å². The van der Waals surface area contributed by atoms with Crippen LogP contribution in [0.25, 0.3) is 0 Å². The van der Waals surface area contributed by atoms with Gasteiger partial charge < -0.3 is 10.4 Å². The number of carboxylic acids is 1. The zero-order valence-electron chi connectivity index (χ0n) is 9.66. The van der Waals surface area contributed by atoms with Crippen LogP contribution in [0.4, 0.5) is 5.69 Å². The highest BCUT2D eigenvalue weighted by atomic mass is 127. The molecule has 0 aliphatic rings. The van der Waals surface area contributed by atoms with Gasteiger partial charge in [-0.2, -0.15) is 0 Å². The Bertz CT molecular complexity index is 426. The maximum atomic E-state index is 11.6. The van der Waals surface area contributed by atoms with Gasteiger partial charge in [-0.05, 0) is 60.7 Å². The van der Waals surface area contributed by atoms with Gasteiger partial charge in [0.05, 0.1) is 5.41 Å². The van der Waals surface area contributed by atoms with Gasteiger partial charge in [0, 0.05) is 15.7 Å². The first-order valence-electron chi connectivity index (χ1n) is 5.10. The molecule has 0 atom stereocenters. The predicted octanol–water partition coefficient (Wildman–Crippen LogP) is 2.73. The van der Waals surface area contributed by atoms with Crippen molar-refractivity contribution >= 4 is 40.2 Å². The van der Waals surface area contributed by atoms with E-state index in [0.717, 1.165) is 3.57 Å². The van der Waals surface area contributed by atoms with Crippen LogP contribution in [0.3, 0.4) is 0 Å². The molecule has 5 heteroatoms. The number of carbonyl (C=O) groups excluding carboxylic acids is 1. The Morgan fingerprint density at radius 1 is 1.29 bits per heavy atom. The lowest BCUT2D eigenvalue weighted by Crippen LogP contribution is -2.29. The Labute approximate surface area is 114 Å². The van der Waals surface area contributed by atoms with Crippen LogP contribution in [-0.4, -0.2) is 17.0 Å². The summed E-state index contributed by atoms with van der Waals surface area (Å²) in [5.74, 6) is -1.27. The number of carbonyl (C=O) groups is 2. The molecule has 0 unspecified atom stereocenters. The standard InChI is InChI=1S/C12H14INO3/c1-12(2,11(16)17)7-10(15)14-9-5-3-8(13)4-6-9/h3-6H,7H2,1-2H3,(H,14,15)(H,16,17). The number of benzene rings is 1. The van der Waals surface area contributed by atoms with Gasteiger partial charge in [0.1, 0.15) is 0 Å². The van der Waals surface area contributed by atoms with Gasteiger partial charge in [-0.3, -0.25) is 9.59 Å². The second-order valence-corrected chi connectivity index (χ2v) is 5.67. The van der Waals surface area contributed by atoms with Gasteiger partial charge in [-0.1, -0.05) is 0 Å². The fraction of sp³-hybridized carbons (Fsp3) is 0.333. The molecule has 0 spiro atoms. The number of anilines is 1. The first-order valence-corrected chi connectivity index (χ1v) is 6.18. The molecule has 0 radical (unpaired) electrons. The molecule has 0 fully saturated rings. The van der Waals surface area contributed by atoms with E-state index in [-0.39, 0.29) is 12.3 Å². The summed E-state index contributed by atoms with van der Waals surface area (Å²) in [6.07, 6.45) is -0.0473. The third-order valence-corrected chi connectivity index (χ3v) is 3.03. The Hall–Kier alpha value is -1.11. The van der Waals surface area contributed by atoms with Gasteiger partial charge >= 0.3 is 5.97 Å². The molecule has 1 aromatic carbocycles. The topological polar surface area (TPSA) is 66.4 Å². The lowest BCUT2D eigenvalue weighted by Gasteiger charge is -2.18. The molecular formula is C12H14INO3. The zero-order chi connectivity index (χ0) is 13.1. The fourth-order valence-electron chi connectivity index (χ4n) is 1.22. The third-order valence-electron chi connectivity index (χ3n) is 2.31. The van der Waals surface area contributed by atoms with Crippen molar-refractivity contribution in [3.8, 4) is 0 Å². The summed E-state index contributed by atoms with van der Waals surface area (Å²) in [4.78, 5) is 22.5. The first-order chi connectivity index (χ1) is 7.81. The average Bonchev–Trinajstić information content (AvgIpc) is 2.20.